The average molecular weight is 502 g/mol. The molecule has 0 aliphatic carbocycles. The molecule has 3 aromatic heterocycles. The molecule has 5 heteroatoms. The molecule has 0 bridgehead atoms. The molecule has 0 radical (unpaired) electrons. The highest BCUT2D eigenvalue weighted by molar-refractivity contribution is 7.03. The predicted octanol–water partition coefficient (Wildman–Crippen LogP) is 6.39. The molecule has 180 valence electrons. The van der Waals surface area contributed by atoms with Crippen LogP contribution in [0.5, 0.6) is 0 Å². The van der Waals surface area contributed by atoms with Gasteiger partial charge in [0.25, 0.3) is 0 Å². The summed E-state index contributed by atoms with van der Waals surface area (Å²) in [6.45, 7) is 6.85. The molecule has 6 aromatic rings. The van der Waals surface area contributed by atoms with E-state index in [1.165, 1.54) is 21.5 Å². The van der Waals surface area contributed by atoms with E-state index in [2.05, 4.69) is 84.2 Å². The monoisotopic (exact) mass is 501 g/mol. The van der Waals surface area contributed by atoms with Crippen LogP contribution in [-0.2, 0) is 7.05 Å². The van der Waals surface area contributed by atoms with Gasteiger partial charge >= 0.3 is 0 Å². The van der Waals surface area contributed by atoms with Crippen LogP contribution in [0.1, 0.15) is 5.56 Å². The van der Waals surface area contributed by atoms with Crippen LogP contribution < -0.4 is 14.9 Å². The molecule has 1 aliphatic heterocycles. The SMILES string of the molecule is Cc1ccc2c(oc3c(-c4ccc5c(c4)-c4ccccc4[Si]5(C)C)c(F)ncc32)c1-c1cccc[n+]1C. The summed E-state index contributed by atoms with van der Waals surface area (Å²) >= 11 is 0. The fraction of sp³-hybridized carbons (Fsp3) is 0.125. The molecule has 4 heterocycles. The fourth-order valence-corrected chi connectivity index (χ4v) is 9.17. The Morgan fingerprint density at radius 3 is 2.41 bits per heavy atom. The Balaban J connectivity index is 1.52. The van der Waals surface area contributed by atoms with Crippen molar-refractivity contribution < 1.29 is 13.4 Å². The summed E-state index contributed by atoms with van der Waals surface area (Å²) < 4.78 is 24.2. The van der Waals surface area contributed by atoms with Crippen molar-refractivity contribution in [1.29, 1.82) is 0 Å². The summed E-state index contributed by atoms with van der Waals surface area (Å²) in [5.74, 6) is -0.516. The number of rotatable bonds is 2. The molecule has 0 spiro atoms. The molecule has 3 aromatic carbocycles. The Kier molecular flexibility index (Phi) is 4.61. The minimum absolute atomic E-state index is 0.418. The first-order valence-electron chi connectivity index (χ1n) is 12.6. The standard InChI is InChI=1S/C32H26FN2OSi/c1-19-12-14-22-24-18-34-32(33)29(31(24)36-30(22)28(19)25-10-7-8-16-35(25)2)20-13-15-27-23(17-20)21-9-5-6-11-26(21)37(27,3)4/h5-18H,1-4H3/q+1. The zero-order chi connectivity index (χ0) is 25.5. The molecular formula is C32H26FN2OSi+. The zero-order valence-electron chi connectivity index (χ0n) is 21.3. The highest BCUT2D eigenvalue weighted by Gasteiger charge is 2.37. The number of aryl methyl sites for hydroxylation is 2. The van der Waals surface area contributed by atoms with Gasteiger partial charge in [0.05, 0.1) is 11.1 Å². The van der Waals surface area contributed by atoms with E-state index >= 15 is 4.39 Å². The largest absolute Gasteiger partial charge is 0.454 e. The summed E-state index contributed by atoms with van der Waals surface area (Å²) in [4.78, 5) is 4.19. The molecule has 37 heavy (non-hydrogen) atoms. The molecule has 0 N–H and O–H groups in total. The van der Waals surface area contributed by atoms with Crippen LogP contribution in [0.2, 0.25) is 13.1 Å². The Hall–Kier alpha value is -4.09. The molecule has 0 amide bonds. The third-order valence-electron chi connectivity index (χ3n) is 8.03. The number of pyridine rings is 2. The number of hydrogen-bond acceptors (Lipinski definition) is 2. The van der Waals surface area contributed by atoms with E-state index in [9.17, 15) is 0 Å². The average Bonchev–Trinajstić information content (AvgIpc) is 3.37. The number of hydrogen-bond donors (Lipinski definition) is 0. The third kappa shape index (κ3) is 3.04. The van der Waals surface area contributed by atoms with Crippen LogP contribution in [-0.4, -0.2) is 13.1 Å². The number of fused-ring (bicyclic) bond motifs is 6. The number of aromatic nitrogens is 2. The number of furan rings is 1. The lowest BCUT2D eigenvalue weighted by atomic mass is 9.98. The van der Waals surface area contributed by atoms with Crippen molar-refractivity contribution in [3.8, 4) is 33.5 Å². The van der Waals surface area contributed by atoms with Crippen molar-refractivity contribution in [3.05, 3.63) is 96.7 Å². The van der Waals surface area contributed by atoms with Crippen LogP contribution >= 0.6 is 0 Å². The summed E-state index contributed by atoms with van der Waals surface area (Å²) in [6.07, 6.45) is 3.62. The van der Waals surface area contributed by atoms with Gasteiger partial charge in [-0.15, -0.1) is 0 Å². The molecule has 0 saturated carbocycles. The number of benzene rings is 3. The second kappa shape index (κ2) is 7.70. The molecule has 3 nitrogen and oxygen atoms in total. The summed E-state index contributed by atoms with van der Waals surface area (Å²) in [5.41, 5.74) is 8.12. The molecule has 0 fully saturated rings. The van der Waals surface area contributed by atoms with E-state index in [0.717, 1.165) is 38.7 Å². The van der Waals surface area contributed by atoms with Gasteiger partial charge in [0.2, 0.25) is 11.6 Å². The predicted molar refractivity (Wildman–Crippen MR) is 150 cm³/mol. The van der Waals surface area contributed by atoms with E-state index < -0.39 is 14.0 Å². The molecule has 1 aliphatic rings. The topological polar surface area (TPSA) is 29.9 Å². The summed E-state index contributed by atoms with van der Waals surface area (Å²) in [6, 6.07) is 25.3. The van der Waals surface area contributed by atoms with E-state index in [-0.39, 0.29) is 0 Å². The van der Waals surface area contributed by atoms with E-state index in [1.807, 2.05) is 31.4 Å². The van der Waals surface area contributed by atoms with Gasteiger partial charge in [-0.3, -0.25) is 0 Å². The lowest BCUT2D eigenvalue weighted by Gasteiger charge is -2.18. The first-order valence-corrected chi connectivity index (χ1v) is 15.6. The van der Waals surface area contributed by atoms with Gasteiger partial charge in [-0.1, -0.05) is 61.6 Å². The van der Waals surface area contributed by atoms with Gasteiger partial charge in [-0.05, 0) is 51.7 Å². The van der Waals surface area contributed by atoms with Crippen LogP contribution in [0, 0.1) is 12.9 Å². The second-order valence-corrected chi connectivity index (χ2v) is 14.9. The van der Waals surface area contributed by atoms with Crippen molar-refractivity contribution in [2.45, 2.75) is 20.0 Å². The Bertz CT molecular complexity index is 1900. The summed E-state index contributed by atoms with van der Waals surface area (Å²) in [5, 5.41) is 4.57. The Morgan fingerprint density at radius 1 is 0.811 bits per heavy atom. The minimum Gasteiger partial charge on any atom is -0.454 e. The zero-order valence-corrected chi connectivity index (χ0v) is 22.3. The molecular weight excluding hydrogens is 475 g/mol. The number of nitrogens with zero attached hydrogens (tertiary/aromatic N) is 2. The van der Waals surface area contributed by atoms with E-state index in [0.29, 0.717) is 11.1 Å². The normalized spacial score (nSPS) is 13.8. The smallest absolute Gasteiger partial charge is 0.224 e. The van der Waals surface area contributed by atoms with Gasteiger partial charge in [-0.25, -0.2) is 9.55 Å². The lowest BCUT2D eigenvalue weighted by molar-refractivity contribution is -0.660. The van der Waals surface area contributed by atoms with Crippen molar-refractivity contribution in [2.75, 3.05) is 0 Å². The van der Waals surface area contributed by atoms with Crippen molar-refractivity contribution in [2.24, 2.45) is 7.05 Å². The highest BCUT2D eigenvalue weighted by Crippen LogP contribution is 2.42. The Morgan fingerprint density at radius 2 is 1.57 bits per heavy atom. The molecule has 0 saturated heterocycles. The quantitative estimate of drug-likeness (QED) is 0.156. The maximum Gasteiger partial charge on any atom is 0.224 e. The molecule has 0 atom stereocenters. The maximum absolute atomic E-state index is 15.5. The summed E-state index contributed by atoms with van der Waals surface area (Å²) in [7, 11) is 0.233. The Labute approximate surface area is 215 Å². The third-order valence-corrected chi connectivity index (χ3v) is 11.6. The second-order valence-electron chi connectivity index (χ2n) is 10.5. The molecule has 0 unspecified atom stereocenters. The van der Waals surface area contributed by atoms with Crippen molar-refractivity contribution in [1.82, 2.24) is 4.98 Å². The first kappa shape index (κ1) is 22.1. The van der Waals surface area contributed by atoms with Crippen LogP contribution in [0.4, 0.5) is 4.39 Å². The lowest BCUT2D eigenvalue weighted by Crippen LogP contribution is -2.49. The maximum atomic E-state index is 15.5. The van der Waals surface area contributed by atoms with Crippen molar-refractivity contribution >= 4 is 40.4 Å². The molecule has 7 rings (SSSR count). The van der Waals surface area contributed by atoms with Gasteiger partial charge < -0.3 is 4.42 Å². The highest BCUT2D eigenvalue weighted by atomic mass is 28.3. The van der Waals surface area contributed by atoms with E-state index in [4.69, 9.17) is 4.42 Å². The van der Waals surface area contributed by atoms with Gasteiger partial charge in [0, 0.05) is 29.1 Å². The minimum atomic E-state index is -1.79. The first-order chi connectivity index (χ1) is 17.9. The van der Waals surface area contributed by atoms with E-state index in [1.54, 1.807) is 6.20 Å². The van der Waals surface area contributed by atoms with Crippen LogP contribution in [0.15, 0.2) is 89.6 Å². The van der Waals surface area contributed by atoms with Crippen molar-refractivity contribution in [3.63, 3.8) is 0 Å². The fourth-order valence-electron chi connectivity index (χ4n) is 6.10. The van der Waals surface area contributed by atoms with Gasteiger partial charge in [0.1, 0.15) is 26.3 Å². The van der Waals surface area contributed by atoms with Crippen LogP contribution in [0.3, 0.4) is 0 Å². The number of halogens is 1. The van der Waals surface area contributed by atoms with Gasteiger partial charge in [0.15, 0.2) is 6.20 Å². The van der Waals surface area contributed by atoms with Crippen LogP contribution in [0.25, 0.3) is 55.4 Å². The van der Waals surface area contributed by atoms with Gasteiger partial charge in [-0.2, -0.15) is 4.39 Å².